The van der Waals surface area contributed by atoms with Crippen LogP contribution in [0.15, 0.2) is 42.7 Å². The van der Waals surface area contributed by atoms with E-state index >= 15 is 0 Å². The lowest BCUT2D eigenvalue weighted by molar-refractivity contribution is 0.346. The Kier molecular flexibility index (Phi) is 4.77. The van der Waals surface area contributed by atoms with Crippen LogP contribution in [0.25, 0.3) is 0 Å². The number of nitrogens with zero attached hydrogens (tertiary/aromatic N) is 3. The summed E-state index contributed by atoms with van der Waals surface area (Å²) in [6, 6.07) is 9.92. The maximum atomic E-state index is 5.40. The number of piperidine rings is 1. The third-order valence-electron chi connectivity index (χ3n) is 4.22. The van der Waals surface area contributed by atoms with E-state index in [9.17, 15) is 0 Å². The third-order valence-corrected chi connectivity index (χ3v) is 4.22. The lowest BCUT2D eigenvalue weighted by atomic mass is 9.90. The first-order chi connectivity index (χ1) is 11.2. The first-order valence-corrected chi connectivity index (χ1v) is 8.07. The van der Waals surface area contributed by atoms with Crippen LogP contribution in [0.4, 0.5) is 11.6 Å². The molecule has 0 amide bonds. The first kappa shape index (κ1) is 15.4. The van der Waals surface area contributed by atoms with Gasteiger partial charge in [-0.3, -0.25) is 0 Å². The topological polar surface area (TPSA) is 41.0 Å². The van der Waals surface area contributed by atoms with Crippen LogP contribution >= 0.6 is 0 Å². The van der Waals surface area contributed by atoms with Crippen LogP contribution in [0.5, 0.6) is 0 Å². The van der Waals surface area contributed by atoms with Crippen molar-refractivity contribution < 1.29 is 0 Å². The van der Waals surface area contributed by atoms with Crippen molar-refractivity contribution in [3.8, 4) is 12.3 Å². The Morgan fingerprint density at radius 3 is 2.87 bits per heavy atom. The summed E-state index contributed by atoms with van der Waals surface area (Å²) < 4.78 is 0. The number of rotatable bonds is 4. The predicted octanol–water partition coefficient (Wildman–Crippen LogP) is 3.03. The molecule has 3 rings (SSSR count). The van der Waals surface area contributed by atoms with Gasteiger partial charge in [-0.15, -0.1) is 6.42 Å². The summed E-state index contributed by atoms with van der Waals surface area (Å²) in [6.07, 6.45) is 10.2. The Balaban J connectivity index is 1.63. The molecule has 3 heterocycles. The van der Waals surface area contributed by atoms with Gasteiger partial charge >= 0.3 is 0 Å². The number of anilines is 2. The summed E-state index contributed by atoms with van der Waals surface area (Å²) in [5, 5.41) is 3.44. The smallest absolute Gasteiger partial charge is 0.128 e. The highest BCUT2D eigenvalue weighted by Gasteiger charge is 2.25. The maximum absolute atomic E-state index is 5.40. The second-order valence-electron chi connectivity index (χ2n) is 6.26. The van der Waals surface area contributed by atoms with Crippen LogP contribution in [-0.4, -0.2) is 29.6 Å². The SMILES string of the molecule is C#Cc1ccc(N2CC(C)CC(CNc3ccccn3)C2)nc1. The zero-order valence-electron chi connectivity index (χ0n) is 13.4. The Bertz CT molecular complexity index is 660. The third kappa shape index (κ3) is 4.01. The molecule has 23 heavy (non-hydrogen) atoms. The number of terminal acetylenes is 1. The fourth-order valence-electron chi connectivity index (χ4n) is 3.19. The molecule has 1 aliphatic heterocycles. The highest BCUT2D eigenvalue weighted by Crippen LogP contribution is 2.25. The van der Waals surface area contributed by atoms with Crippen molar-refractivity contribution in [1.82, 2.24) is 9.97 Å². The van der Waals surface area contributed by atoms with Crippen LogP contribution in [0.3, 0.4) is 0 Å². The van der Waals surface area contributed by atoms with E-state index in [1.807, 2.05) is 36.5 Å². The summed E-state index contributed by atoms with van der Waals surface area (Å²) in [5.41, 5.74) is 0.826. The molecule has 0 aliphatic carbocycles. The molecular weight excluding hydrogens is 284 g/mol. The summed E-state index contributed by atoms with van der Waals surface area (Å²) in [6.45, 7) is 5.28. The molecule has 0 bridgehead atoms. The van der Waals surface area contributed by atoms with Gasteiger partial charge in [-0.05, 0) is 42.5 Å². The lowest BCUT2D eigenvalue weighted by Gasteiger charge is -2.37. The van der Waals surface area contributed by atoms with Gasteiger partial charge in [0.05, 0.1) is 0 Å². The summed E-state index contributed by atoms with van der Waals surface area (Å²) >= 11 is 0. The van der Waals surface area contributed by atoms with Gasteiger partial charge in [-0.1, -0.05) is 18.9 Å². The molecule has 0 spiro atoms. The van der Waals surface area contributed by atoms with Gasteiger partial charge < -0.3 is 10.2 Å². The van der Waals surface area contributed by atoms with E-state index in [2.05, 4.69) is 33.0 Å². The van der Waals surface area contributed by atoms with Crippen molar-refractivity contribution in [3.63, 3.8) is 0 Å². The van der Waals surface area contributed by atoms with Crippen molar-refractivity contribution >= 4 is 11.6 Å². The Labute approximate surface area is 138 Å². The van der Waals surface area contributed by atoms with E-state index in [1.54, 1.807) is 6.20 Å². The zero-order valence-corrected chi connectivity index (χ0v) is 13.4. The molecule has 2 unspecified atom stereocenters. The minimum absolute atomic E-state index is 0.579. The van der Waals surface area contributed by atoms with E-state index in [4.69, 9.17) is 6.42 Å². The molecule has 2 aromatic rings. The minimum atomic E-state index is 0.579. The number of pyridine rings is 2. The maximum Gasteiger partial charge on any atom is 0.128 e. The highest BCUT2D eigenvalue weighted by molar-refractivity contribution is 5.43. The average molecular weight is 306 g/mol. The molecular formula is C19H22N4. The molecule has 118 valence electrons. The lowest BCUT2D eigenvalue weighted by Crippen LogP contribution is -2.42. The van der Waals surface area contributed by atoms with Gasteiger partial charge in [0.2, 0.25) is 0 Å². The van der Waals surface area contributed by atoms with E-state index in [0.717, 1.165) is 36.8 Å². The normalized spacial score (nSPS) is 20.8. The second-order valence-corrected chi connectivity index (χ2v) is 6.26. The molecule has 2 atom stereocenters. The van der Waals surface area contributed by atoms with Crippen molar-refractivity contribution in [2.75, 3.05) is 29.9 Å². The van der Waals surface area contributed by atoms with Crippen molar-refractivity contribution in [1.29, 1.82) is 0 Å². The van der Waals surface area contributed by atoms with Crippen molar-refractivity contribution in [2.45, 2.75) is 13.3 Å². The van der Waals surface area contributed by atoms with Gasteiger partial charge in [0.15, 0.2) is 0 Å². The van der Waals surface area contributed by atoms with Crippen LogP contribution in [0.2, 0.25) is 0 Å². The fourth-order valence-corrected chi connectivity index (χ4v) is 3.19. The largest absolute Gasteiger partial charge is 0.370 e. The number of nitrogens with one attached hydrogen (secondary N) is 1. The molecule has 4 heteroatoms. The molecule has 1 aliphatic rings. The molecule has 0 aromatic carbocycles. The molecule has 4 nitrogen and oxygen atoms in total. The predicted molar refractivity (Wildman–Crippen MR) is 94.4 cm³/mol. The van der Waals surface area contributed by atoms with Crippen molar-refractivity contribution in [3.05, 3.63) is 48.3 Å². The molecule has 2 aromatic heterocycles. The van der Waals surface area contributed by atoms with Gasteiger partial charge in [-0.25, -0.2) is 9.97 Å². The van der Waals surface area contributed by atoms with Gasteiger partial charge in [0.1, 0.15) is 11.6 Å². The molecule has 0 radical (unpaired) electrons. The van der Waals surface area contributed by atoms with Gasteiger partial charge in [-0.2, -0.15) is 0 Å². The van der Waals surface area contributed by atoms with Crippen LogP contribution in [0, 0.1) is 24.2 Å². The minimum Gasteiger partial charge on any atom is -0.370 e. The summed E-state index contributed by atoms with van der Waals surface area (Å²) in [4.78, 5) is 11.2. The van der Waals surface area contributed by atoms with Crippen LogP contribution in [0.1, 0.15) is 18.9 Å². The molecule has 0 saturated carbocycles. The molecule has 1 N–H and O–H groups in total. The van der Waals surface area contributed by atoms with E-state index in [1.165, 1.54) is 6.42 Å². The Morgan fingerprint density at radius 1 is 1.26 bits per heavy atom. The van der Waals surface area contributed by atoms with E-state index in [0.29, 0.717) is 11.8 Å². The second kappa shape index (κ2) is 7.15. The van der Waals surface area contributed by atoms with Gasteiger partial charge in [0, 0.05) is 37.6 Å². The van der Waals surface area contributed by atoms with Crippen LogP contribution in [-0.2, 0) is 0 Å². The zero-order chi connectivity index (χ0) is 16.1. The monoisotopic (exact) mass is 306 g/mol. The standard InChI is InChI=1S/C19H22N4/c1-3-16-7-8-19(22-11-16)23-13-15(2)10-17(14-23)12-21-18-6-4-5-9-20-18/h1,4-9,11,15,17H,10,12-14H2,2H3,(H,20,21). The average Bonchev–Trinajstić information content (AvgIpc) is 2.60. The number of hydrogen-bond donors (Lipinski definition) is 1. The van der Waals surface area contributed by atoms with Crippen molar-refractivity contribution in [2.24, 2.45) is 11.8 Å². The molecule has 1 fully saturated rings. The summed E-state index contributed by atoms with van der Waals surface area (Å²) in [7, 11) is 0. The number of aromatic nitrogens is 2. The molecule has 1 saturated heterocycles. The van der Waals surface area contributed by atoms with E-state index in [-0.39, 0.29) is 0 Å². The Morgan fingerprint density at radius 2 is 2.17 bits per heavy atom. The first-order valence-electron chi connectivity index (χ1n) is 8.07. The summed E-state index contributed by atoms with van der Waals surface area (Å²) in [5.74, 6) is 5.79. The van der Waals surface area contributed by atoms with E-state index < -0.39 is 0 Å². The van der Waals surface area contributed by atoms with Gasteiger partial charge in [0.25, 0.3) is 0 Å². The fraction of sp³-hybridized carbons (Fsp3) is 0.368. The quantitative estimate of drug-likeness (QED) is 0.882. The Hall–Kier alpha value is -2.54. The highest BCUT2D eigenvalue weighted by atomic mass is 15.2. The number of hydrogen-bond acceptors (Lipinski definition) is 4. The van der Waals surface area contributed by atoms with Crippen LogP contribution < -0.4 is 10.2 Å².